The minimum atomic E-state index is -0.663. The Balaban J connectivity index is 2.08. The highest BCUT2D eigenvalue weighted by Gasteiger charge is 2.45. The predicted molar refractivity (Wildman–Crippen MR) is 116 cm³/mol. The molecule has 1 fully saturated rings. The number of ketones is 1. The molecule has 158 valence electrons. The van der Waals surface area contributed by atoms with E-state index in [1.54, 1.807) is 29.2 Å². The summed E-state index contributed by atoms with van der Waals surface area (Å²) in [7, 11) is 1.54. The van der Waals surface area contributed by atoms with E-state index in [9.17, 15) is 14.7 Å². The zero-order chi connectivity index (χ0) is 21.7. The molecule has 0 saturated carbocycles. The van der Waals surface area contributed by atoms with Gasteiger partial charge in [-0.3, -0.25) is 9.59 Å². The first-order chi connectivity index (χ1) is 14.5. The Morgan fingerprint density at radius 2 is 1.77 bits per heavy atom. The molecule has 30 heavy (non-hydrogen) atoms. The fraction of sp³-hybridized carbons (Fsp3) is 0.333. The van der Waals surface area contributed by atoms with Crippen molar-refractivity contribution in [1.29, 1.82) is 0 Å². The van der Waals surface area contributed by atoms with Crippen LogP contribution in [0.5, 0.6) is 5.75 Å². The van der Waals surface area contributed by atoms with Crippen LogP contribution in [-0.2, 0) is 9.59 Å². The van der Waals surface area contributed by atoms with E-state index in [4.69, 9.17) is 4.74 Å². The number of nitrogens with zero attached hydrogens (tertiary/aromatic N) is 2. The van der Waals surface area contributed by atoms with E-state index in [-0.39, 0.29) is 11.3 Å². The molecule has 6 heteroatoms. The van der Waals surface area contributed by atoms with Crippen LogP contribution in [-0.4, -0.2) is 59.9 Å². The van der Waals surface area contributed by atoms with E-state index >= 15 is 0 Å². The monoisotopic (exact) mass is 408 g/mol. The Morgan fingerprint density at radius 1 is 1.07 bits per heavy atom. The molecule has 0 bridgehead atoms. The number of aliphatic hydroxyl groups is 1. The number of likely N-dealkylation sites (N-methyl/N-ethyl adjacent to an activating group) is 1. The van der Waals surface area contributed by atoms with Gasteiger partial charge in [-0.15, -0.1) is 0 Å². The van der Waals surface area contributed by atoms with Crippen LogP contribution in [0.1, 0.15) is 31.0 Å². The highest BCUT2D eigenvalue weighted by atomic mass is 16.5. The maximum atomic E-state index is 13.0. The standard InChI is InChI=1S/C24H28N2O4/c1-4-25(5-2)14-15-26-21(17-10-7-6-8-11-17)20(23(28)24(26)29)22(27)18-12-9-13-19(16-18)30-3/h6-13,16,21,27H,4-5,14-15H2,1-3H3/b22-20-. The van der Waals surface area contributed by atoms with Gasteiger partial charge in [0.25, 0.3) is 11.7 Å². The number of hydrogen-bond donors (Lipinski definition) is 1. The van der Waals surface area contributed by atoms with Gasteiger partial charge in [0, 0.05) is 18.7 Å². The number of methoxy groups -OCH3 is 1. The Kier molecular flexibility index (Phi) is 6.90. The number of hydrogen-bond acceptors (Lipinski definition) is 5. The minimum Gasteiger partial charge on any atom is -0.507 e. The zero-order valence-electron chi connectivity index (χ0n) is 17.7. The maximum Gasteiger partial charge on any atom is 0.295 e. The third-order valence-corrected chi connectivity index (χ3v) is 5.55. The van der Waals surface area contributed by atoms with Crippen LogP contribution in [0, 0.1) is 0 Å². The number of rotatable bonds is 8. The number of ether oxygens (including phenoxy) is 1. The molecule has 1 saturated heterocycles. The molecule has 1 aliphatic rings. The van der Waals surface area contributed by atoms with E-state index in [0.717, 1.165) is 18.7 Å². The van der Waals surface area contributed by atoms with Crippen molar-refractivity contribution < 1.29 is 19.4 Å². The van der Waals surface area contributed by atoms with Gasteiger partial charge in [-0.05, 0) is 30.8 Å². The molecule has 1 heterocycles. The van der Waals surface area contributed by atoms with Crippen LogP contribution in [0.4, 0.5) is 0 Å². The average molecular weight is 408 g/mol. The van der Waals surface area contributed by atoms with Crippen molar-refractivity contribution in [3.8, 4) is 5.75 Å². The van der Waals surface area contributed by atoms with Gasteiger partial charge in [-0.2, -0.15) is 0 Å². The molecule has 0 aromatic heterocycles. The molecule has 2 aromatic carbocycles. The number of carbonyl (C=O) groups is 2. The molecular formula is C24H28N2O4. The number of Topliss-reactive ketones (excluding diaryl/α,β-unsaturated/α-hetero) is 1. The molecule has 6 nitrogen and oxygen atoms in total. The molecule has 3 rings (SSSR count). The summed E-state index contributed by atoms with van der Waals surface area (Å²) in [5.74, 6) is -0.873. The molecule has 0 radical (unpaired) electrons. The van der Waals surface area contributed by atoms with Crippen molar-refractivity contribution in [2.45, 2.75) is 19.9 Å². The largest absolute Gasteiger partial charge is 0.507 e. The molecule has 1 amide bonds. The van der Waals surface area contributed by atoms with Gasteiger partial charge in [0.15, 0.2) is 0 Å². The predicted octanol–water partition coefficient (Wildman–Crippen LogP) is 3.46. The number of carbonyl (C=O) groups excluding carboxylic acids is 2. The molecule has 1 unspecified atom stereocenters. The number of amides is 1. The average Bonchev–Trinajstić information content (AvgIpc) is 3.04. The fourth-order valence-electron chi connectivity index (χ4n) is 3.81. The fourth-order valence-corrected chi connectivity index (χ4v) is 3.81. The lowest BCUT2D eigenvalue weighted by atomic mass is 9.95. The van der Waals surface area contributed by atoms with Crippen molar-refractivity contribution in [1.82, 2.24) is 9.80 Å². The van der Waals surface area contributed by atoms with Crippen molar-refractivity contribution in [3.63, 3.8) is 0 Å². The molecule has 0 spiro atoms. The lowest BCUT2D eigenvalue weighted by Gasteiger charge is -2.28. The first kappa shape index (κ1) is 21.6. The summed E-state index contributed by atoms with van der Waals surface area (Å²) in [6, 6.07) is 15.6. The van der Waals surface area contributed by atoms with E-state index in [0.29, 0.717) is 24.4 Å². The summed E-state index contributed by atoms with van der Waals surface area (Å²) >= 11 is 0. The lowest BCUT2D eigenvalue weighted by molar-refractivity contribution is -0.140. The second kappa shape index (κ2) is 9.59. The summed E-state index contributed by atoms with van der Waals surface area (Å²) in [6.45, 7) is 6.91. The highest BCUT2D eigenvalue weighted by Crippen LogP contribution is 2.39. The summed E-state index contributed by atoms with van der Waals surface area (Å²) in [6.07, 6.45) is 0. The second-order valence-electron chi connectivity index (χ2n) is 7.16. The SMILES string of the molecule is CCN(CC)CCN1C(=O)C(=O)/C(=C(\O)c2cccc(OC)c2)C1c1ccccc1. The van der Waals surface area contributed by atoms with Crippen LogP contribution >= 0.6 is 0 Å². The van der Waals surface area contributed by atoms with Gasteiger partial charge in [-0.25, -0.2) is 0 Å². The van der Waals surface area contributed by atoms with E-state index in [1.807, 2.05) is 30.3 Å². The third kappa shape index (κ3) is 4.24. The van der Waals surface area contributed by atoms with Crippen molar-refractivity contribution in [3.05, 3.63) is 71.3 Å². The van der Waals surface area contributed by atoms with Gasteiger partial charge >= 0.3 is 0 Å². The quantitative estimate of drug-likeness (QED) is 0.412. The van der Waals surface area contributed by atoms with Gasteiger partial charge in [0.05, 0.1) is 18.7 Å². The molecule has 2 aromatic rings. The zero-order valence-corrected chi connectivity index (χ0v) is 17.7. The summed E-state index contributed by atoms with van der Waals surface area (Å²) in [5, 5.41) is 11.1. The number of benzene rings is 2. The Labute approximate surface area is 177 Å². The van der Waals surface area contributed by atoms with Crippen LogP contribution in [0.3, 0.4) is 0 Å². The van der Waals surface area contributed by atoms with Crippen LogP contribution in [0.2, 0.25) is 0 Å². The van der Waals surface area contributed by atoms with Crippen LogP contribution in [0.15, 0.2) is 60.2 Å². The third-order valence-electron chi connectivity index (χ3n) is 5.55. The molecular weight excluding hydrogens is 380 g/mol. The van der Waals surface area contributed by atoms with E-state index < -0.39 is 17.7 Å². The van der Waals surface area contributed by atoms with E-state index in [1.165, 1.54) is 7.11 Å². The summed E-state index contributed by atoms with van der Waals surface area (Å²) in [4.78, 5) is 29.7. The smallest absolute Gasteiger partial charge is 0.295 e. The lowest BCUT2D eigenvalue weighted by Crippen LogP contribution is -2.38. The van der Waals surface area contributed by atoms with Gasteiger partial charge in [-0.1, -0.05) is 56.3 Å². The normalized spacial score (nSPS) is 18.3. The van der Waals surface area contributed by atoms with Crippen LogP contribution < -0.4 is 4.74 Å². The van der Waals surface area contributed by atoms with Gasteiger partial charge in [0.1, 0.15) is 11.5 Å². The summed E-state index contributed by atoms with van der Waals surface area (Å²) in [5.41, 5.74) is 1.34. The Hall–Kier alpha value is -3.12. The minimum absolute atomic E-state index is 0.110. The summed E-state index contributed by atoms with van der Waals surface area (Å²) < 4.78 is 5.24. The van der Waals surface area contributed by atoms with E-state index in [2.05, 4.69) is 18.7 Å². The molecule has 1 aliphatic heterocycles. The number of aliphatic hydroxyl groups excluding tert-OH is 1. The Bertz CT molecular complexity index is 935. The van der Waals surface area contributed by atoms with Gasteiger partial charge in [0.2, 0.25) is 0 Å². The van der Waals surface area contributed by atoms with Crippen LogP contribution in [0.25, 0.3) is 5.76 Å². The van der Waals surface area contributed by atoms with Crippen molar-refractivity contribution >= 4 is 17.4 Å². The number of likely N-dealkylation sites (tertiary alicyclic amines) is 1. The van der Waals surface area contributed by atoms with Crippen molar-refractivity contribution in [2.75, 3.05) is 33.3 Å². The van der Waals surface area contributed by atoms with Gasteiger partial charge < -0.3 is 19.6 Å². The Morgan fingerprint density at radius 3 is 2.40 bits per heavy atom. The highest BCUT2D eigenvalue weighted by molar-refractivity contribution is 6.46. The molecule has 1 atom stereocenters. The first-order valence-corrected chi connectivity index (χ1v) is 10.2. The first-order valence-electron chi connectivity index (χ1n) is 10.2. The second-order valence-corrected chi connectivity index (χ2v) is 7.16. The maximum absolute atomic E-state index is 13.0. The topological polar surface area (TPSA) is 70.1 Å². The van der Waals surface area contributed by atoms with Crippen molar-refractivity contribution in [2.24, 2.45) is 0 Å². The molecule has 0 aliphatic carbocycles. The molecule has 1 N–H and O–H groups in total.